The molecule has 0 spiro atoms. The summed E-state index contributed by atoms with van der Waals surface area (Å²) in [5.41, 5.74) is 3.22. The number of nitrogens with zero attached hydrogens (tertiary/aromatic N) is 1. The van der Waals surface area contributed by atoms with Crippen molar-refractivity contribution in [2.75, 3.05) is 13.7 Å². The Balaban J connectivity index is 2.23. The van der Waals surface area contributed by atoms with Crippen molar-refractivity contribution in [2.45, 2.75) is 12.8 Å². The molecule has 0 aliphatic heterocycles. The van der Waals surface area contributed by atoms with E-state index in [4.69, 9.17) is 9.84 Å². The number of hydrogen-bond donors (Lipinski definition) is 2. The highest BCUT2D eigenvalue weighted by atomic mass is 16.5. The van der Waals surface area contributed by atoms with Gasteiger partial charge >= 0.3 is 0 Å². The molecule has 0 bridgehead atoms. The van der Waals surface area contributed by atoms with Crippen LogP contribution < -0.4 is 4.74 Å². The van der Waals surface area contributed by atoms with Crippen LogP contribution in [0.3, 0.4) is 0 Å². The van der Waals surface area contributed by atoms with Gasteiger partial charge in [0.15, 0.2) is 0 Å². The molecule has 0 unspecified atom stereocenters. The number of aryl methyl sites for hydroxylation is 1. The first kappa shape index (κ1) is 11.7. The van der Waals surface area contributed by atoms with Crippen LogP contribution in [0, 0.1) is 0 Å². The van der Waals surface area contributed by atoms with E-state index in [1.54, 1.807) is 7.11 Å². The average molecular weight is 232 g/mol. The second-order valence-corrected chi connectivity index (χ2v) is 3.83. The Morgan fingerprint density at radius 2 is 2.06 bits per heavy atom. The number of rotatable bonds is 5. The number of aromatic amines is 1. The van der Waals surface area contributed by atoms with Gasteiger partial charge < -0.3 is 9.84 Å². The number of methoxy groups -OCH3 is 1. The van der Waals surface area contributed by atoms with Crippen LogP contribution in [0.15, 0.2) is 30.5 Å². The van der Waals surface area contributed by atoms with E-state index in [0.717, 1.165) is 35.4 Å². The highest BCUT2D eigenvalue weighted by molar-refractivity contribution is 5.63. The predicted octanol–water partition coefficient (Wildman–Crippen LogP) is 2.01. The van der Waals surface area contributed by atoms with Gasteiger partial charge in [0.2, 0.25) is 0 Å². The third-order valence-corrected chi connectivity index (χ3v) is 2.70. The molecule has 2 aromatic rings. The maximum absolute atomic E-state index is 8.85. The smallest absolute Gasteiger partial charge is 0.118 e. The van der Waals surface area contributed by atoms with Gasteiger partial charge in [0.1, 0.15) is 5.75 Å². The lowest BCUT2D eigenvalue weighted by atomic mass is 10.0. The summed E-state index contributed by atoms with van der Waals surface area (Å²) in [6.45, 7) is 0.202. The summed E-state index contributed by atoms with van der Waals surface area (Å²) < 4.78 is 5.12. The molecule has 0 saturated heterocycles. The number of benzene rings is 1. The Morgan fingerprint density at radius 3 is 2.71 bits per heavy atom. The lowest BCUT2D eigenvalue weighted by molar-refractivity contribution is 0.288. The largest absolute Gasteiger partial charge is 0.497 e. The van der Waals surface area contributed by atoms with E-state index in [0.29, 0.717) is 0 Å². The molecule has 0 atom stereocenters. The number of H-pyrrole nitrogens is 1. The van der Waals surface area contributed by atoms with E-state index in [2.05, 4.69) is 10.2 Å². The van der Waals surface area contributed by atoms with Crippen molar-refractivity contribution in [3.8, 4) is 17.0 Å². The first-order chi connectivity index (χ1) is 8.35. The van der Waals surface area contributed by atoms with Crippen molar-refractivity contribution in [1.29, 1.82) is 0 Å². The number of aromatic nitrogens is 2. The highest BCUT2D eigenvalue weighted by Gasteiger charge is 2.07. The van der Waals surface area contributed by atoms with Crippen LogP contribution in [0.5, 0.6) is 5.75 Å². The maximum Gasteiger partial charge on any atom is 0.118 e. The number of hydrogen-bond acceptors (Lipinski definition) is 3. The number of ether oxygens (including phenoxy) is 1. The molecule has 0 fully saturated rings. The minimum absolute atomic E-state index is 0.202. The Hall–Kier alpha value is -1.81. The van der Waals surface area contributed by atoms with Gasteiger partial charge in [0.05, 0.1) is 19.0 Å². The van der Waals surface area contributed by atoms with Crippen molar-refractivity contribution >= 4 is 0 Å². The van der Waals surface area contributed by atoms with Crippen LogP contribution in [-0.4, -0.2) is 29.0 Å². The second-order valence-electron chi connectivity index (χ2n) is 3.83. The molecular formula is C13H16N2O2. The number of aliphatic hydroxyl groups is 1. The minimum atomic E-state index is 0.202. The van der Waals surface area contributed by atoms with E-state index in [1.165, 1.54) is 0 Å². The van der Waals surface area contributed by atoms with E-state index >= 15 is 0 Å². The van der Waals surface area contributed by atoms with Crippen LogP contribution >= 0.6 is 0 Å². The Morgan fingerprint density at radius 1 is 1.29 bits per heavy atom. The summed E-state index contributed by atoms with van der Waals surface area (Å²) in [7, 11) is 1.65. The fourth-order valence-corrected chi connectivity index (χ4v) is 1.78. The fourth-order valence-electron chi connectivity index (χ4n) is 1.78. The van der Waals surface area contributed by atoms with Gasteiger partial charge in [-0.05, 0) is 42.7 Å². The first-order valence-electron chi connectivity index (χ1n) is 5.62. The standard InChI is InChI=1S/C13H16N2O2/c1-17-12-6-4-10(5-7-12)13-11(3-2-8-16)9-14-15-13/h4-7,9,16H,2-3,8H2,1H3,(H,14,15). The van der Waals surface area contributed by atoms with Gasteiger partial charge in [0.25, 0.3) is 0 Å². The number of nitrogens with one attached hydrogen (secondary N) is 1. The highest BCUT2D eigenvalue weighted by Crippen LogP contribution is 2.24. The Kier molecular flexibility index (Phi) is 3.77. The van der Waals surface area contributed by atoms with Crippen molar-refractivity contribution < 1.29 is 9.84 Å². The first-order valence-corrected chi connectivity index (χ1v) is 5.62. The van der Waals surface area contributed by atoms with E-state index < -0.39 is 0 Å². The maximum atomic E-state index is 8.85. The summed E-state index contributed by atoms with van der Waals surface area (Å²) in [5, 5.41) is 15.9. The molecular weight excluding hydrogens is 216 g/mol. The topological polar surface area (TPSA) is 58.1 Å². The van der Waals surface area contributed by atoms with Crippen molar-refractivity contribution in [2.24, 2.45) is 0 Å². The molecule has 4 nitrogen and oxygen atoms in total. The molecule has 0 aliphatic carbocycles. The van der Waals surface area contributed by atoms with Crippen LogP contribution in [0.4, 0.5) is 0 Å². The Labute approximate surface area is 100 Å². The zero-order valence-electron chi connectivity index (χ0n) is 9.81. The fraction of sp³-hybridized carbons (Fsp3) is 0.308. The third kappa shape index (κ3) is 2.65. The summed E-state index contributed by atoms with van der Waals surface area (Å²) >= 11 is 0. The van der Waals surface area contributed by atoms with Gasteiger partial charge in [-0.3, -0.25) is 5.10 Å². The summed E-state index contributed by atoms with van der Waals surface area (Å²) in [5.74, 6) is 0.838. The number of aliphatic hydroxyl groups excluding tert-OH is 1. The molecule has 0 saturated carbocycles. The van der Waals surface area contributed by atoms with Crippen molar-refractivity contribution in [3.63, 3.8) is 0 Å². The van der Waals surface area contributed by atoms with Crippen LogP contribution in [0.2, 0.25) is 0 Å². The zero-order valence-corrected chi connectivity index (χ0v) is 9.81. The van der Waals surface area contributed by atoms with Crippen LogP contribution in [0.25, 0.3) is 11.3 Å². The SMILES string of the molecule is COc1ccc(-c2[nH]ncc2CCCO)cc1. The van der Waals surface area contributed by atoms with E-state index in [1.807, 2.05) is 30.5 Å². The summed E-state index contributed by atoms with van der Waals surface area (Å²) in [4.78, 5) is 0. The quantitative estimate of drug-likeness (QED) is 0.829. The second kappa shape index (κ2) is 5.50. The lowest BCUT2D eigenvalue weighted by Gasteiger charge is -2.04. The van der Waals surface area contributed by atoms with Crippen LogP contribution in [0.1, 0.15) is 12.0 Å². The molecule has 1 aromatic carbocycles. The van der Waals surface area contributed by atoms with Gasteiger partial charge in [-0.15, -0.1) is 0 Å². The van der Waals surface area contributed by atoms with Gasteiger partial charge in [-0.1, -0.05) is 0 Å². The van der Waals surface area contributed by atoms with E-state index in [-0.39, 0.29) is 6.61 Å². The predicted molar refractivity (Wildman–Crippen MR) is 66.0 cm³/mol. The molecule has 0 radical (unpaired) electrons. The molecule has 2 rings (SSSR count). The third-order valence-electron chi connectivity index (χ3n) is 2.70. The monoisotopic (exact) mass is 232 g/mol. The van der Waals surface area contributed by atoms with Crippen molar-refractivity contribution in [1.82, 2.24) is 10.2 Å². The molecule has 2 N–H and O–H groups in total. The van der Waals surface area contributed by atoms with Crippen LogP contribution in [-0.2, 0) is 6.42 Å². The molecule has 17 heavy (non-hydrogen) atoms. The van der Waals surface area contributed by atoms with Gasteiger partial charge in [-0.25, -0.2) is 0 Å². The van der Waals surface area contributed by atoms with Gasteiger partial charge in [0, 0.05) is 12.2 Å². The molecule has 4 heteroatoms. The molecule has 1 aromatic heterocycles. The minimum Gasteiger partial charge on any atom is -0.497 e. The summed E-state index contributed by atoms with van der Waals surface area (Å²) in [6.07, 6.45) is 3.40. The van der Waals surface area contributed by atoms with Crippen molar-refractivity contribution in [3.05, 3.63) is 36.0 Å². The molecule has 90 valence electrons. The molecule has 1 heterocycles. The average Bonchev–Trinajstić information content (AvgIpc) is 2.84. The molecule has 0 amide bonds. The Bertz CT molecular complexity index is 463. The van der Waals surface area contributed by atoms with Gasteiger partial charge in [-0.2, -0.15) is 5.10 Å². The van der Waals surface area contributed by atoms with E-state index in [9.17, 15) is 0 Å². The molecule has 0 aliphatic rings. The zero-order chi connectivity index (χ0) is 12.1. The summed E-state index contributed by atoms with van der Waals surface area (Å²) in [6, 6.07) is 7.83. The normalized spacial score (nSPS) is 10.5. The lowest BCUT2D eigenvalue weighted by Crippen LogP contribution is -1.91.